The molecule has 0 saturated heterocycles. The highest BCUT2D eigenvalue weighted by molar-refractivity contribution is 5.94. The Labute approximate surface area is 136 Å². The molecular weight excluding hydrogens is 290 g/mol. The topological polar surface area (TPSA) is 58.6 Å². The predicted molar refractivity (Wildman–Crippen MR) is 91.4 cm³/mol. The summed E-state index contributed by atoms with van der Waals surface area (Å²) in [7, 11) is 0. The highest BCUT2D eigenvalue weighted by atomic mass is 16.5. The number of rotatable bonds is 7. The molecule has 2 N–H and O–H groups in total. The predicted octanol–water partition coefficient (Wildman–Crippen LogP) is 2.89. The van der Waals surface area contributed by atoms with E-state index in [0.29, 0.717) is 17.9 Å². The average molecular weight is 311 g/mol. The fourth-order valence-corrected chi connectivity index (χ4v) is 1.96. The van der Waals surface area contributed by atoms with Gasteiger partial charge in [0.05, 0.1) is 6.10 Å². The number of benzene rings is 2. The molecule has 0 saturated carbocycles. The monoisotopic (exact) mass is 311 g/mol. The van der Waals surface area contributed by atoms with Crippen molar-refractivity contribution in [3.63, 3.8) is 0 Å². The first-order valence-corrected chi connectivity index (χ1v) is 7.56. The molecule has 0 aliphatic rings. The first-order chi connectivity index (χ1) is 11.1. The maximum absolute atomic E-state index is 11.9. The van der Waals surface area contributed by atoms with Crippen molar-refractivity contribution in [1.82, 2.24) is 5.32 Å². The molecule has 0 bridgehead atoms. The Morgan fingerprint density at radius 3 is 2.74 bits per heavy atom. The summed E-state index contributed by atoms with van der Waals surface area (Å²) in [6.45, 7) is 2.27. The van der Waals surface area contributed by atoms with E-state index in [1.54, 1.807) is 25.1 Å². The highest BCUT2D eigenvalue weighted by Crippen LogP contribution is 2.13. The minimum absolute atomic E-state index is 0.226. The van der Waals surface area contributed by atoms with E-state index >= 15 is 0 Å². The second-order valence-electron chi connectivity index (χ2n) is 5.21. The van der Waals surface area contributed by atoms with Gasteiger partial charge >= 0.3 is 0 Å². The maximum atomic E-state index is 11.9. The molecule has 120 valence electrons. The second-order valence-corrected chi connectivity index (χ2v) is 5.21. The first kappa shape index (κ1) is 16.8. The third kappa shape index (κ3) is 5.96. The van der Waals surface area contributed by atoms with Gasteiger partial charge in [0.15, 0.2) is 0 Å². The van der Waals surface area contributed by atoms with E-state index in [0.717, 1.165) is 5.56 Å². The highest BCUT2D eigenvalue weighted by Gasteiger charge is 2.07. The number of hydrogen-bond donors (Lipinski definition) is 2. The summed E-state index contributed by atoms with van der Waals surface area (Å²) in [6, 6.07) is 17.0. The van der Waals surface area contributed by atoms with Gasteiger partial charge < -0.3 is 15.2 Å². The van der Waals surface area contributed by atoms with Crippen LogP contribution in [0.25, 0.3) is 6.08 Å². The van der Waals surface area contributed by atoms with E-state index in [2.05, 4.69) is 5.32 Å². The van der Waals surface area contributed by atoms with E-state index in [1.807, 2.05) is 48.6 Å². The molecule has 1 atom stereocenters. The van der Waals surface area contributed by atoms with Crippen molar-refractivity contribution >= 4 is 12.0 Å². The summed E-state index contributed by atoms with van der Waals surface area (Å²) in [5.74, 6) is 0.406. The van der Waals surface area contributed by atoms with E-state index < -0.39 is 6.10 Å². The lowest BCUT2D eigenvalue weighted by Crippen LogP contribution is -2.30. The Kier molecular flexibility index (Phi) is 6.39. The molecule has 0 heterocycles. The number of ether oxygens (including phenoxy) is 1. The Hall–Kier alpha value is -2.59. The summed E-state index contributed by atoms with van der Waals surface area (Å²) in [5.41, 5.74) is 1.62. The number of carbonyl (C=O) groups excluding carboxylic acids is 1. The molecule has 0 aliphatic heterocycles. The van der Waals surface area contributed by atoms with Gasteiger partial charge in [-0.25, -0.2) is 0 Å². The molecule has 0 aliphatic carbocycles. The molecule has 2 aromatic rings. The molecule has 0 aromatic heterocycles. The Bertz CT molecular complexity index is 651. The largest absolute Gasteiger partial charge is 0.490 e. The van der Waals surface area contributed by atoms with Gasteiger partial charge in [-0.15, -0.1) is 0 Å². The van der Waals surface area contributed by atoms with Crippen LogP contribution in [0.2, 0.25) is 0 Å². The summed E-state index contributed by atoms with van der Waals surface area (Å²) < 4.78 is 5.63. The van der Waals surface area contributed by atoms with E-state index in [-0.39, 0.29) is 12.5 Å². The molecule has 2 rings (SSSR count). The van der Waals surface area contributed by atoms with Gasteiger partial charge in [0.25, 0.3) is 5.91 Å². The van der Waals surface area contributed by atoms with Crippen LogP contribution in [-0.4, -0.2) is 30.3 Å². The van der Waals surface area contributed by atoms with Crippen LogP contribution in [0.15, 0.2) is 60.7 Å². The van der Waals surface area contributed by atoms with Crippen LogP contribution >= 0.6 is 0 Å². The fourth-order valence-electron chi connectivity index (χ4n) is 1.96. The van der Waals surface area contributed by atoms with Gasteiger partial charge in [0.1, 0.15) is 12.4 Å². The standard InChI is InChI=1S/C19H21NO3/c1-15(21)14-20-19(22)17-10-5-11-18(13-17)23-12-6-9-16-7-3-2-4-8-16/h2-11,13,15,21H,12,14H2,1H3,(H,20,22)/b9-6+. The van der Waals surface area contributed by atoms with Gasteiger partial charge in [-0.2, -0.15) is 0 Å². The van der Waals surface area contributed by atoms with Crippen LogP contribution in [0, 0.1) is 0 Å². The van der Waals surface area contributed by atoms with Crippen LogP contribution in [-0.2, 0) is 0 Å². The molecule has 4 heteroatoms. The minimum atomic E-state index is -0.568. The zero-order chi connectivity index (χ0) is 16.5. The average Bonchev–Trinajstić information content (AvgIpc) is 2.58. The fraction of sp³-hybridized carbons (Fsp3) is 0.211. The Morgan fingerprint density at radius 1 is 1.22 bits per heavy atom. The van der Waals surface area contributed by atoms with Crippen molar-refractivity contribution in [2.24, 2.45) is 0 Å². The molecule has 1 amide bonds. The van der Waals surface area contributed by atoms with Crippen molar-refractivity contribution in [1.29, 1.82) is 0 Å². The third-order valence-electron chi connectivity index (χ3n) is 3.11. The van der Waals surface area contributed by atoms with E-state index in [9.17, 15) is 9.90 Å². The third-order valence-corrected chi connectivity index (χ3v) is 3.11. The number of hydrogen-bond acceptors (Lipinski definition) is 3. The van der Waals surface area contributed by atoms with E-state index in [4.69, 9.17) is 4.74 Å². The van der Waals surface area contributed by atoms with Gasteiger partial charge in [0.2, 0.25) is 0 Å². The lowest BCUT2D eigenvalue weighted by atomic mass is 10.2. The summed E-state index contributed by atoms with van der Waals surface area (Å²) in [6.07, 6.45) is 3.34. The lowest BCUT2D eigenvalue weighted by molar-refractivity contribution is 0.0923. The minimum Gasteiger partial charge on any atom is -0.490 e. The summed E-state index contributed by atoms with van der Waals surface area (Å²) in [5, 5.41) is 11.8. The summed E-state index contributed by atoms with van der Waals surface area (Å²) >= 11 is 0. The van der Waals surface area contributed by atoms with Crippen LogP contribution in [0.1, 0.15) is 22.8 Å². The molecule has 2 aromatic carbocycles. The maximum Gasteiger partial charge on any atom is 0.251 e. The summed E-state index contributed by atoms with van der Waals surface area (Å²) in [4.78, 5) is 11.9. The van der Waals surface area contributed by atoms with Crippen LogP contribution in [0.4, 0.5) is 0 Å². The molecule has 23 heavy (non-hydrogen) atoms. The van der Waals surface area contributed by atoms with E-state index in [1.165, 1.54) is 0 Å². The number of aliphatic hydroxyl groups is 1. The van der Waals surface area contributed by atoms with Crippen molar-refractivity contribution in [2.75, 3.05) is 13.2 Å². The van der Waals surface area contributed by atoms with Gasteiger partial charge in [-0.1, -0.05) is 42.5 Å². The van der Waals surface area contributed by atoms with Crippen molar-refractivity contribution < 1.29 is 14.6 Å². The van der Waals surface area contributed by atoms with Gasteiger partial charge in [0, 0.05) is 12.1 Å². The number of aliphatic hydroxyl groups excluding tert-OH is 1. The van der Waals surface area contributed by atoms with Gasteiger partial charge in [-0.3, -0.25) is 4.79 Å². The number of amides is 1. The number of nitrogens with one attached hydrogen (secondary N) is 1. The lowest BCUT2D eigenvalue weighted by Gasteiger charge is -2.08. The van der Waals surface area contributed by atoms with Crippen LogP contribution < -0.4 is 10.1 Å². The zero-order valence-corrected chi connectivity index (χ0v) is 13.1. The molecule has 0 spiro atoms. The van der Waals surface area contributed by atoms with Crippen molar-refractivity contribution in [2.45, 2.75) is 13.0 Å². The second kappa shape index (κ2) is 8.76. The first-order valence-electron chi connectivity index (χ1n) is 7.56. The molecule has 1 unspecified atom stereocenters. The van der Waals surface area contributed by atoms with Crippen molar-refractivity contribution in [3.05, 3.63) is 71.8 Å². The molecule has 0 fully saturated rings. The number of carbonyl (C=O) groups is 1. The molecular formula is C19H21NO3. The SMILES string of the molecule is CC(O)CNC(=O)c1cccc(OC/C=C/c2ccccc2)c1. The zero-order valence-electron chi connectivity index (χ0n) is 13.1. The normalized spacial score (nSPS) is 12.1. The van der Waals surface area contributed by atoms with Crippen molar-refractivity contribution in [3.8, 4) is 5.75 Å². The quantitative estimate of drug-likeness (QED) is 0.826. The molecule has 0 radical (unpaired) electrons. The van der Waals surface area contributed by atoms with Gasteiger partial charge in [-0.05, 0) is 36.8 Å². The molecule has 4 nitrogen and oxygen atoms in total. The Morgan fingerprint density at radius 2 is 2.00 bits per heavy atom. The Balaban J connectivity index is 1.87. The van der Waals surface area contributed by atoms with Crippen LogP contribution in [0.5, 0.6) is 5.75 Å². The van der Waals surface area contributed by atoms with Crippen LogP contribution in [0.3, 0.4) is 0 Å². The smallest absolute Gasteiger partial charge is 0.251 e.